The highest BCUT2D eigenvalue weighted by Gasteiger charge is 2.52. The summed E-state index contributed by atoms with van der Waals surface area (Å²) in [7, 11) is -8.61. The fraction of sp³-hybridized carbons (Fsp3) is 0.222. The Morgan fingerprint density at radius 1 is 1.22 bits per heavy atom. The number of alkyl halides is 1. The topological polar surface area (TPSA) is 92.1 Å². The van der Waals surface area contributed by atoms with Gasteiger partial charge < -0.3 is 0 Å². The van der Waals surface area contributed by atoms with Crippen LogP contribution >= 0.6 is 27.5 Å². The quantitative estimate of drug-likeness (QED) is 0.753. The maximum absolute atomic E-state index is 12.2. The minimum atomic E-state index is -4.42. The van der Waals surface area contributed by atoms with Gasteiger partial charge in [0.05, 0.1) is 4.90 Å². The number of halogens is 2. The minimum Gasteiger partial charge on any atom is -0.225 e. The molecule has 0 heterocycles. The number of sulfone groups is 2. The van der Waals surface area contributed by atoms with E-state index in [0.29, 0.717) is 11.3 Å². The van der Waals surface area contributed by atoms with Crippen molar-refractivity contribution in [3.05, 3.63) is 29.3 Å². The van der Waals surface area contributed by atoms with Gasteiger partial charge in [-0.15, -0.1) is 0 Å². The summed E-state index contributed by atoms with van der Waals surface area (Å²) in [6.45, 7) is 0. The zero-order valence-electron chi connectivity index (χ0n) is 8.96. The van der Waals surface area contributed by atoms with Crippen molar-refractivity contribution in [3.8, 4) is 6.07 Å². The highest BCUT2D eigenvalue weighted by atomic mass is 79.9. The van der Waals surface area contributed by atoms with Gasteiger partial charge in [0, 0.05) is 11.3 Å². The first-order valence-corrected chi connectivity index (χ1v) is 8.91. The van der Waals surface area contributed by atoms with Crippen LogP contribution in [0.4, 0.5) is 0 Å². The maximum atomic E-state index is 12.2. The molecule has 0 fully saturated rings. The van der Waals surface area contributed by atoms with Gasteiger partial charge in [0.2, 0.25) is 9.84 Å². The van der Waals surface area contributed by atoms with Crippen LogP contribution in [0.3, 0.4) is 0 Å². The second-order valence-electron chi connectivity index (χ2n) is 3.38. The molecular formula is C9H7BrClNO4S2. The van der Waals surface area contributed by atoms with Crippen LogP contribution in [-0.2, 0) is 19.7 Å². The second kappa shape index (κ2) is 4.81. The van der Waals surface area contributed by atoms with Crippen molar-refractivity contribution in [2.45, 2.75) is 7.88 Å². The van der Waals surface area contributed by atoms with Crippen LogP contribution < -0.4 is 0 Å². The van der Waals surface area contributed by atoms with E-state index in [1.165, 1.54) is 18.2 Å². The van der Waals surface area contributed by atoms with Crippen molar-refractivity contribution >= 4 is 47.2 Å². The van der Waals surface area contributed by atoms with Gasteiger partial charge in [0.1, 0.15) is 6.07 Å². The lowest BCUT2D eigenvalue weighted by atomic mass is 10.4. The van der Waals surface area contributed by atoms with Crippen LogP contribution in [0, 0.1) is 11.3 Å². The van der Waals surface area contributed by atoms with Gasteiger partial charge in [-0.05, 0) is 40.2 Å². The second-order valence-corrected chi connectivity index (χ2v) is 10.6. The van der Waals surface area contributed by atoms with Gasteiger partial charge in [0.15, 0.2) is 9.84 Å². The molecule has 0 saturated heterocycles. The Labute approximate surface area is 118 Å². The molecule has 18 heavy (non-hydrogen) atoms. The van der Waals surface area contributed by atoms with Gasteiger partial charge in [-0.25, -0.2) is 16.8 Å². The van der Waals surface area contributed by atoms with Crippen molar-refractivity contribution < 1.29 is 16.8 Å². The minimum absolute atomic E-state index is 0.297. The highest BCUT2D eigenvalue weighted by Crippen LogP contribution is 2.36. The lowest BCUT2D eigenvalue weighted by Crippen LogP contribution is -2.38. The lowest BCUT2D eigenvalue weighted by Gasteiger charge is -2.17. The van der Waals surface area contributed by atoms with Crippen LogP contribution in [0.2, 0.25) is 5.02 Å². The van der Waals surface area contributed by atoms with E-state index in [9.17, 15) is 16.8 Å². The van der Waals surface area contributed by atoms with Gasteiger partial charge in [-0.1, -0.05) is 11.6 Å². The molecule has 0 amide bonds. The van der Waals surface area contributed by atoms with Crippen molar-refractivity contribution in [2.75, 3.05) is 6.26 Å². The Kier molecular flexibility index (Phi) is 4.13. The molecular weight excluding hydrogens is 366 g/mol. The molecule has 0 bridgehead atoms. The van der Waals surface area contributed by atoms with Crippen LogP contribution in [0.25, 0.3) is 0 Å². The lowest BCUT2D eigenvalue weighted by molar-refractivity contribution is 0.583. The Hall–Kier alpha value is -0.620. The zero-order chi connectivity index (χ0) is 14.2. The predicted octanol–water partition coefficient (Wildman–Crippen LogP) is 1.73. The third-order valence-electron chi connectivity index (χ3n) is 2.08. The van der Waals surface area contributed by atoms with Gasteiger partial charge in [-0.2, -0.15) is 5.26 Å². The van der Waals surface area contributed by atoms with E-state index < -0.39 is 22.7 Å². The largest absolute Gasteiger partial charge is 0.314 e. The predicted molar refractivity (Wildman–Crippen MR) is 70.8 cm³/mol. The molecule has 1 aromatic rings. The Morgan fingerprint density at radius 3 is 2.00 bits per heavy atom. The number of nitrogens with zero attached hydrogens (tertiary/aromatic N) is 1. The highest BCUT2D eigenvalue weighted by molar-refractivity contribution is 9.13. The average Bonchev–Trinajstić information content (AvgIpc) is 2.26. The maximum Gasteiger partial charge on any atom is 0.314 e. The first-order valence-electron chi connectivity index (χ1n) is 4.36. The Bertz CT molecular complexity index is 706. The summed E-state index contributed by atoms with van der Waals surface area (Å²) < 4.78 is 44.6. The van der Waals surface area contributed by atoms with E-state index in [0.717, 1.165) is 12.1 Å². The van der Waals surface area contributed by atoms with E-state index in [2.05, 4.69) is 15.9 Å². The number of hydrogen-bond acceptors (Lipinski definition) is 5. The molecule has 9 heteroatoms. The summed E-state index contributed by atoms with van der Waals surface area (Å²) in [6.07, 6.45) is 0.665. The summed E-state index contributed by atoms with van der Waals surface area (Å²) >= 11 is 8.12. The van der Waals surface area contributed by atoms with E-state index in [4.69, 9.17) is 16.9 Å². The number of rotatable bonds is 3. The first kappa shape index (κ1) is 15.4. The molecule has 0 aliphatic rings. The zero-order valence-corrected chi connectivity index (χ0v) is 12.9. The molecule has 1 aromatic carbocycles. The molecule has 5 nitrogen and oxygen atoms in total. The average molecular weight is 373 g/mol. The standard InChI is InChI=1S/C9H7BrClNO4S2/c1-17(13,14)9(10,6-12)18(15,16)8-4-2-7(11)3-5-8/h2-5H,1H3. The molecule has 0 aliphatic heterocycles. The monoisotopic (exact) mass is 371 g/mol. The van der Waals surface area contributed by atoms with E-state index in [1.54, 1.807) is 0 Å². The van der Waals surface area contributed by atoms with Crippen molar-refractivity contribution in [3.63, 3.8) is 0 Å². The Morgan fingerprint density at radius 2 is 1.67 bits per heavy atom. The molecule has 0 aromatic heterocycles. The molecule has 98 valence electrons. The molecule has 0 aliphatic carbocycles. The molecule has 0 radical (unpaired) electrons. The number of hydrogen-bond donors (Lipinski definition) is 0. The van der Waals surface area contributed by atoms with Crippen molar-refractivity contribution in [1.29, 1.82) is 5.26 Å². The summed E-state index contributed by atoms with van der Waals surface area (Å²) in [4.78, 5) is -0.309. The van der Waals surface area contributed by atoms with Gasteiger partial charge >= 0.3 is 2.99 Å². The third kappa shape index (κ3) is 2.40. The molecule has 0 N–H and O–H groups in total. The van der Waals surface area contributed by atoms with Crippen LogP contribution in [0.15, 0.2) is 29.2 Å². The first-order chi connectivity index (χ1) is 8.06. The molecule has 1 rings (SSSR count). The van der Waals surface area contributed by atoms with Crippen LogP contribution in [-0.4, -0.2) is 26.1 Å². The van der Waals surface area contributed by atoms with E-state index in [1.807, 2.05) is 0 Å². The van der Waals surface area contributed by atoms with E-state index >= 15 is 0 Å². The van der Waals surface area contributed by atoms with Gasteiger partial charge in [0.25, 0.3) is 0 Å². The number of benzene rings is 1. The smallest absolute Gasteiger partial charge is 0.225 e. The normalized spacial score (nSPS) is 15.7. The fourth-order valence-electron chi connectivity index (χ4n) is 1.11. The van der Waals surface area contributed by atoms with Crippen LogP contribution in [0.1, 0.15) is 0 Å². The van der Waals surface area contributed by atoms with Crippen molar-refractivity contribution in [2.24, 2.45) is 0 Å². The molecule has 0 saturated carbocycles. The van der Waals surface area contributed by atoms with Gasteiger partial charge in [-0.3, -0.25) is 0 Å². The SMILES string of the molecule is CS(=O)(=O)C(Br)(C#N)S(=O)(=O)c1ccc(Cl)cc1. The summed E-state index contributed by atoms with van der Waals surface area (Å²) in [5.41, 5.74) is 0. The van der Waals surface area contributed by atoms with Crippen molar-refractivity contribution in [1.82, 2.24) is 0 Å². The summed E-state index contributed by atoms with van der Waals surface area (Å²) in [6, 6.07) is 6.14. The third-order valence-corrected chi connectivity index (χ3v) is 9.84. The van der Waals surface area contributed by atoms with E-state index in [-0.39, 0.29) is 4.90 Å². The summed E-state index contributed by atoms with van der Waals surface area (Å²) in [5.74, 6) is 0. The summed E-state index contributed by atoms with van der Waals surface area (Å²) in [5, 5.41) is 9.19. The molecule has 1 unspecified atom stereocenters. The Balaban J connectivity index is 3.58. The van der Waals surface area contributed by atoms with Crippen LogP contribution in [0.5, 0.6) is 0 Å². The molecule has 1 atom stereocenters. The number of nitriles is 1. The fourth-order valence-corrected chi connectivity index (χ4v) is 4.76. The molecule has 0 spiro atoms.